The monoisotopic (exact) mass is 357 g/mol. The maximum Gasteiger partial charge on any atom is 0.191 e. The number of aliphatic imine (C=N–C) groups is 1. The Bertz CT molecular complexity index is 703. The van der Waals surface area contributed by atoms with Gasteiger partial charge in [0.2, 0.25) is 0 Å². The molecule has 0 radical (unpaired) electrons. The van der Waals surface area contributed by atoms with E-state index in [4.69, 9.17) is 4.99 Å². The molecule has 0 unspecified atom stereocenters. The van der Waals surface area contributed by atoms with Crippen LogP contribution in [-0.2, 0) is 13.1 Å². The molecule has 0 saturated carbocycles. The Hall–Kier alpha value is -2.08. The average Bonchev–Trinajstić information content (AvgIpc) is 3.29. The highest BCUT2D eigenvalue weighted by Gasteiger charge is 2.13. The van der Waals surface area contributed by atoms with Crippen molar-refractivity contribution in [1.82, 2.24) is 15.6 Å². The van der Waals surface area contributed by atoms with Crippen molar-refractivity contribution in [3.8, 4) is 0 Å². The summed E-state index contributed by atoms with van der Waals surface area (Å²) in [7, 11) is 0. The Morgan fingerprint density at radius 1 is 1.24 bits per heavy atom. The van der Waals surface area contributed by atoms with E-state index in [1.807, 2.05) is 17.5 Å². The van der Waals surface area contributed by atoms with Gasteiger partial charge in [-0.15, -0.1) is 11.3 Å². The van der Waals surface area contributed by atoms with Gasteiger partial charge in [-0.1, -0.05) is 0 Å². The quantitative estimate of drug-likeness (QED) is 0.615. The van der Waals surface area contributed by atoms with Crippen LogP contribution in [0, 0.1) is 6.92 Å². The van der Waals surface area contributed by atoms with Gasteiger partial charge in [0, 0.05) is 35.6 Å². The van der Waals surface area contributed by atoms with Gasteiger partial charge in [-0.05, 0) is 56.5 Å². The molecule has 0 amide bonds. The third-order valence-electron chi connectivity index (χ3n) is 4.23. The minimum atomic E-state index is 0.655. The van der Waals surface area contributed by atoms with E-state index in [2.05, 4.69) is 58.6 Å². The Morgan fingerprint density at radius 3 is 2.80 bits per heavy atom. The minimum Gasteiger partial charge on any atom is -0.357 e. The van der Waals surface area contributed by atoms with Crippen LogP contribution >= 0.6 is 11.3 Å². The summed E-state index contributed by atoms with van der Waals surface area (Å²) in [5.74, 6) is 1.94. The molecule has 2 N–H and O–H groups in total. The number of anilines is 1. The van der Waals surface area contributed by atoms with E-state index in [1.54, 1.807) is 0 Å². The lowest BCUT2D eigenvalue weighted by Crippen LogP contribution is -2.36. The molecule has 2 aromatic heterocycles. The highest BCUT2D eigenvalue weighted by atomic mass is 32.1. The molecule has 0 spiro atoms. The zero-order chi connectivity index (χ0) is 17.5. The number of aryl methyl sites for hydroxylation is 1. The second-order valence-electron chi connectivity index (χ2n) is 6.28. The van der Waals surface area contributed by atoms with Crippen LogP contribution in [0.5, 0.6) is 0 Å². The van der Waals surface area contributed by atoms with E-state index >= 15 is 0 Å². The van der Waals surface area contributed by atoms with Crippen LogP contribution in [0.3, 0.4) is 0 Å². The molecule has 3 rings (SSSR count). The van der Waals surface area contributed by atoms with Crippen LogP contribution in [0.1, 0.15) is 35.1 Å². The smallest absolute Gasteiger partial charge is 0.191 e. The Morgan fingerprint density at radius 2 is 2.08 bits per heavy atom. The first-order chi connectivity index (χ1) is 12.2. The number of nitrogens with one attached hydrogen (secondary N) is 2. The molecule has 0 atom stereocenters. The number of guanidine groups is 1. The normalized spacial score (nSPS) is 14.8. The highest BCUT2D eigenvalue weighted by Crippen LogP contribution is 2.19. The number of hydrogen-bond acceptors (Lipinski definition) is 4. The van der Waals surface area contributed by atoms with Gasteiger partial charge in [0.05, 0.1) is 13.1 Å². The number of pyridine rings is 1. The average molecular weight is 358 g/mol. The van der Waals surface area contributed by atoms with Gasteiger partial charge in [-0.2, -0.15) is 0 Å². The van der Waals surface area contributed by atoms with Crippen molar-refractivity contribution in [3.05, 3.63) is 45.8 Å². The van der Waals surface area contributed by atoms with Crippen molar-refractivity contribution >= 4 is 23.1 Å². The molecule has 25 heavy (non-hydrogen) atoms. The molecular formula is C19H27N5S. The predicted molar refractivity (Wildman–Crippen MR) is 106 cm³/mol. The summed E-state index contributed by atoms with van der Waals surface area (Å²) in [6.45, 7) is 8.76. The van der Waals surface area contributed by atoms with Crippen LogP contribution in [0.25, 0.3) is 0 Å². The van der Waals surface area contributed by atoms with Gasteiger partial charge in [-0.25, -0.2) is 9.98 Å². The lowest BCUT2D eigenvalue weighted by atomic mass is 10.2. The van der Waals surface area contributed by atoms with Gasteiger partial charge in [0.15, 0.2) is 5.96 Å². The number of rotatable bonds is 6. The summed E-state index contributed by atoms with van der Waals surface area (Å²) in [4.78, 5) is 14.3. The SMILES string of the molecule is CCNC(=NCc1ccnc(N2CCCC2)c1)NCc1ccc(C)s1. The molecule has 0 aromatic carbocycles. The Kier molecular flexibility index (Phi) is 6.28. The Labute approximate surface area is 154 Å². The lowest BCUT2D eigenvalue weighted by molar-refractivity contribution is 0.822. The molecule has 6 heteroatoms. The summed E-state index contributed by atoms with van der Waals surface area (Å²) in [6.07, 6.45) is 4.43. The van der Waals surface area contributed by atoms with Crippen LogP contribution < -0.4 is 15.5 Å². The molecule has 1 aliphatic heterocycles. The van der Waals surface area contributed by atoms with Crippen LogP contribution in [-0.4, -0.2) is 30.6 Å². The van der Waals surface area contributed by atoms with Crippen molar-refractivity contribution in [2.24, 2.45) is 4.99 Å². The lowest BCUT2D eigenvalue weighted by Gasteiger charge is -2.16. The van der Waals surface area contributed by atoms with Crippen molar-refractivity contribution < 1.29 is 0 Å². The van der Waals surface area contributed by atoms with Crippen LogP contribution in [0.15, 0.2) is 35.5 Å². The van der Waals surface area contributed by atoms with E-state index in [0.717, 1.165) is 38.0 Å². The molecule has 3 heterocycles. The molecule has 1 aliphatic rings. The molecule has 1 fully saturated rings. The van der Waals surface area contributed by atoms with Gasteiger partial charge >= 0.3 is 0 Å². The second kappa shape index (κ2) is 8.85. The summed E-state index contributed by atoms with van der Waals surface area (Å²) in [6, 6.07) is 8.54. The van der Waals surface area contributed by atoms with E-state index in [9.17, 15) is 0 Å². The minimum absolute atomic E-state index is 0.655. The molecule has 2 aromatic rings. The molecule has 1 saturated heterocycles. The molecule has 5 nitrogen and oxygen atoms in total. The van der Waals surface area contributed by atoms with E-state index in [0.29, 0.717) is 6.54 Å². The summed E-state index contributed by atoms with van der Waals surface area (Å²) < 4.78 is 0. The maximum absolute atomic E-state index is 4.73. The van der Waals surface area contributed by atoms with Gasteiger partial charge < -0.3 is 15.5 Å². The van der Waals surface area contributed by atoms with Gasteiger partial charge in [0.25, 0.3) is 0 Å². The topological polar surface area (TPSA) is 52.6 Å². The second-order valence-corrected chi connectivity index (χ2v) is 7.65. The summed E-state index contributed by atoms with van der Waals surface area (Å²) in [5, 5.41) is 6.73. The summed E-state index contributed by atoms with van der Waals surface area (Å²) in [5.41, 5.74) is 1.20. The third kappa shape index (κ3) is 5.19. The van der Waals surface area contributed by atoms with Crippen LogP contribution in [0.4, 0.5) is 5.82 Å². The van der Waals surface area contributed by atoms with Crippen molar-refractivity contribution in [2.45, 2.75) is 39.8 Å². The zero-order valence-electron chi connectivity index (χ0n) is 15.1. The number of hydrogen-bond donors (Lipinski definition) is 2. The molecule has 134 valence electrons. The molecule has 0 bridgehead atoms. The first-order valence-electron chi connectivity index (χ1n) is 9.02. The first-order valence-corrected chi connectivity index (χ1v) is 9.83. The van der Waals surface area contributed by atoms with E-state index in [-0.39, 0.29) is 0 Å². The van der Waals surface area contributed by atoms with Crippen molar-refractivity contribution in [1.29, 1.82) is 0 Å². The first kappa shape index (κ1) is 17.7. The highest BCUT2D eigenvalue weighted by molar-refractivity contribution is 7.11. The fourth-order valence-electron chi connectivity index (χ4n) is 2.94. The van der Waals surface area contributed by atoms with Crippen molar-refractivity contribution in [3.63, 3.8) is 0 Å². The van der Waals surface area contributed by atoms with E-state index < -0.39 is 0 Å². The largest absolute Gasteiger partial charge is 0.357 e. The third-order valence-corrected chi connectivity index (χ3v) is 5.23. The maximum atomic E-state index is 4.73. The number of aromatic nitrogens is 1. The fourth-order valence-corrected chi connectivity index (χ4v) is 3.77. The van der Waals surface area contributed by atoms with Gasteiger partial charge in [0.1, 0.15) is 5.82 Å². The zero-order valence-corrected chi connectivity index (χ0v) is 15.9. The number of nitrogens with zero attached hydrogens (tertiary/aromatic N) is 3. The standard InChI is InChI=1S/C19H27N5S/c1-3-20-19(23-14-17-7-6-15(2)25-17)22-13-16-8-9-21-18(12-16)24-10-4-5-11-24/h6-9,12H,3-5,10-11,13-14H2,1-2H3,(H2,20,22,23). The van der Waals surface area contributed by atoms with Crippen LogP contribution in [0.2, 0.25) is 0 Å². The van der Waals surface area contributed by atoms with Crippen molar-refractivity contribution in [2.75, 3.05) is 24.5 Å². The van der Waals surface area contributed by atoms with Gasteiger partial charge in [-0.3, -0.25) is 0 Å². The van der Waals surface area contributed by atoms with E-state index in [1.165, 1.54) is 28.2 Å². The number of thiophene rings is 1. The molecular weight excluding hydrogens is 330 g/mol. The fraction of sp³-hybridized carbons (Fsp3) is 0.474. The predicted octanol–water partition coefficient (Wildman–Crippen LogP) is 3.31. The summed E-state index contributed by atoms with van der Waals surface area (Å²) >= 11 is 1.82. The Balaban J connectivity index is 1.61. The molecule has 0 aliphatic carbocycles.